The number of rotatable bonds is 17. The second-order valence-electron chi connectivity index (χ2n) is 9.71. The Morgan fingerprint density at radius 2 is 1.80 bits per heavy atom. The van der Waals surface area contributed by atoms with Gasteiger partial charge in [0, 0.05) is 16.9 Å². The van der Waals surface area contributed by atoms with Gasteiger partial charge in [0.15, 0.2) is 5.16 Å². The topological polar surface area (TPSA) is 103 Å². The van der Waals surface area contributed by atoms with E-state index in [1.165, 1.54) is 43.0 Å². The van der Waals surface area contributed by atoms with E-state index >= 15 is 0 Å². The fourth-order valence-electron chi connectivity index (χ4n) is 4.33. The molecular formula is C33H38N4O2S. The van der Waals surface area contributed by atoms with Crippen molar-refractivity contribution >= 4 is 11.8 Å². The van der Waals surface area contributed by atoms with Crippen molar-refractivity contribution in [1.29, 1.82) is 10.5 Å². The van der Waals surface area contributed by atoms with Gasteiger partial charge in [-0.2, -0.15) is 10.5 Å². The van der Waals surface area contributed by atoms with E-state index in [0.717, 1.165) is 50.9 Å². The Morgan fingerprint density at radius 1 is 1.00 bits per heavy atom. The molecule has 0 aliphatic rings. The number of nitrogens with one attached hydrogen (secondary N) is 1. The number of aromatic nitrogens is 2. The van der Waals surface area contributed by atoms with Gasteiger partial charge in [-0.25, -0.2) is 4.98 Å². The van der Waals surface area contributed by atoms with Crippen molar-refractivity contribution in [3.63, 3.8) is 0 Å². The fraction of sp³-hybridized carbons (Fsp3) is 0.394. The van der Waals surface area contributed by atoms with Crippen molar-refractivity contribution in [1.82, 2.24) is 9.97 Å². The summed E-state index contributed by atoms with van der Waals surface area (Å²) in [5.41, 5.74) is 2.59. The van der Waals surface area contributed by atoms with E-state index in [2.05, 4.69) is 41.2 Å². The van der Waals surface area contributed by atoms with Crippen molar-refractivity contribution in [2.75, 3.05) is 12.4 Å². The zero-order chi connectivity index (χ0) is 28.4. The van der Waals surface area contributed by atoms with Gasteiger partial charge < -0.3 is 9.72 Å². The second kappa shape index (κ2) is 17.7. The van der Waals surface area contributed by atoms with Crippen LogP contribution in [0.3, 0.4) is 0 Å². The summed E-state index contributed by atoms with van der Waals surface area (Å²) < 4.78 is 5.87. The maximum absolute atomic E-state index is 12.4. The summed E-state index contributed by atoms with van der Waals surface area (Å²) in [5.74, 6) is 1.39. The minimum Gasteiger partial charge on any atom is -0.494 e. The number of benzene rings is 2. The summed E-state index contributed by atoms with van der Waals surface area (Å²) >= 11 is 1.30. The number of H-pyrrole nitrogens is 1. The van der Waals surface area contributed by atoms with Gasteiger partial charge in [0.1, 0.15) is 17.4 Å². The lowest BCUT2D eigenvalue weighted by molar-refractivity contribution is 0.306. The molecule has 1 aromatic heterocycles. The highest BCUT2D eigenvalue weighted by Gasteiger charge is 2.13. The molecule has 208 valence electrons. The minimum absolute atomic E-state index is 0.00746. The highest BCUT2D eigenvalue weighted by atomic mass is 32.2. The molecule has 0 saturated carbocycles. The van der Waals surface area contributed by atoms with Crippen molar-refractivity contribution in [2.45, 2.75) is 76.3 Å². The Bertz CT molecular complexity index is 1370. The highest BCUT2D eigenvalue weighted by molar-refractivity contribution is 7.99. The lowest BCUT2D eigenvalue weighted by Gasteiger charge is -2.08. The summed E-state index contributed by atoms with van der Waals surface area (Å²) in [7, 11) is 0. The molecule has 2 aromatic carbocycles. The molecule has 7 heteroatoms. The summed E-state index contributed by atoms with van der Waals surface area (Å²) in [5, 5.41) is 19.4. The zero-order valence-electron chi connectivity index (χ0n) is 23.3. The van der Waals surface area contributed by atoms with Crippen LogP contribution in [-0.4, -0.2) is 22.3 Å². The Labute approximate surface area is 242 Å². The van der Waals surface area contributed by atoms with E-state index < -0.39 is 5.56 Å². The lowest BCUT2D eigenvalue weighted by Crippen LogP contribution is -2.14. The maximum atomic E-state index is 12.4. The number of aryl methyl sites for hydroxylation is 1. The molecule has 0 amide bonds. The number of thioether (sulfide) groups is 1. The number of ether oxygens (including phenoxy) is 1. The first kappa shape index (κ1) is 30.7. The number of aromatic amines is 1. The molecule has 0 unspecified atom stereocenters. The predicted molar refractivity (Wildman–Crippen MR) is 162 cm³/mol. The number of hydrogen-bond acceptors (Lipinski definition) is 6. The number of nitrogens with zero attached hydrogens (tertiary/aromatic N) is 3. The first-order valence-corrected chi connectivity index (χ1v) is 15.2. The number of allylic oxidation sites excluding steroid dienone is 1. The SMILES string of the molecule is CCCCCOc1cccc(CCCCCCC/C=C(\C#N)CSc2nc(-c3ccccc3)c(C#N)c(=O)[nH]2)c1. The third-order valence-corrected chi connectivity index (χ3v) is 7.46. The molecule has 0 radical (unpaired) electrons. The molecule has 0 aliphatic carbocycles. The molecule has 3 aromatic rings. The van der Waals surface area contributed by atoms with E-state index in [9.17, 15) is 15.3 Å². The Morgan fingerprint density at radius 3 is 2.58 bits per heavy atom. The average Bonchev–Trinajstić information content (AvgIpc) is 2.98. The van der Waals surface area contributed by atoms with Crippen LogP contribution in [0.5, 0.6) is 5.75 Å². The monoisotopic (exact) mass is 554 g/mol. The number of nitriles is 2. The van der Waals surface area contributed by atoms with Crippen LogP contribution < -0.4 is 10.3 Å². The Hall–Kier alpha value is -3.81. The van der Waals surface area contributed by atoms with Gasteiger partial charge in [-0.05, 0) is 49.8 Å². The summed E-state index contributed by atoms with van der Waals surface area (Å²) in [6.45, 7) is 2.99. The van der Waals surface area contributed by atoms with Gasteiger partial charge >= 0.3 is 0 Å². The van der Waals surface area contributed by atoms with E-state index in [1.807, 2.05) is 48.5 Å². The fourth-order valence-corrected chi connectivity index (χ4v) is 5.12. The van der Waals surface area contributed by atoms with E-state index in [1.54, 1.807) is 0 Å². The van der Waals surface area contributed by atoms with E-state index in [-0.39, 0.29) is 5.56 Å². The average molecular weight is 555 g/mol. The van der Waals surface area contributed by atoms with Crippen LogP contribution in [0.2, 0.25) is 0 Å². The summed E-state index contributed by atoms with van der Waals surface area (Å²) in [6.07, 6.45) is 13.1. The zero-order valence-corrected chi connectivity index (χ0v) is 24.1. The second-order valence-corrected chi connectivity index (χ2v) is 10.7. The first-order chi connectivity index (χ1) is 19.6. The number of unbranched alkanes of at least 4 members (excludes halogenated alkanes) is 7. The summed E-state index contributed by atoms with van der Waals surface area (Å²) in [6, 6.07) is 21.9. The first-order valence-electron chi connectivity index (χ1n) is 14.2. The van der Waals surface area contributed by atoms with Crippen LogP contribution in [0, 0.1) is 22.7 Å². The Kier molecular flexibility index (Phi) is 13.6. The van der Waals surface area contributed by atoms with Gasteiger partial charge in [0.05, 0.1) is 18.4 Å². The van der Waals surface area contributed by atoms with Crippen molar-refractivity contribution in [2.24, 2.45) is 0 Å². The van der Waals surface area contributed by atoms with Crippen LogP contribution in [0.25, 0.3) is 11.3 Å². The molecule has 0 atom stereocenters. The molecule has 6 nitrogen and oxygen atoms in total. The lowest BCUT2D eigenvalue weighted by atomic mass is 10.0. The van der Waals surface area contributed by atoms with Crippen LogP contribution >= 0.6 is 11.8 Å². The molecule has 0 aliphatic heterocycles. The van der Waals surface area contributed by atoms with E-state index in [0.29, 0.717) is 27.7 Å². The normalized spacial score (nSPS) is 11.1. The van der Waals surface area contributed by atoms with E-state index in [4.69, 9.17) is 4.74 Å². The van der Waals surface area contributed by atoms with Crippen LogP contribution in [0.4, 0.5) is 0 Å². The highest BCUT2D eigenvalue weighted by Crippen LogP contribution is 2.23. The third-order valence-electron chi connectivity index (χ3n) is 6.54. The molecule has 0 bridgehead atoms. The molecule has 3 rings (SSSR count). The molecule has 0 fully saturated rings. The van der Waals surface area contributed by atoms with Gasteiger partial charge in [0.25, 0.3) is 5.56 Å². The summed E-state index contributed by atoms with van der Waals surface area (Å²) in [4.78, 5) is 19.6. The predicted octanol–water partition coefficient (Wildman–Crippen LogP) is 8.00. The Balaban J connectivity index is 1.37. The van der Waals surface area contributed by atoms with Crippen LogP contribution in [0.15, 0.2) is 76.2 Å². The van der Waals surface area contributed by atoms with Crippen molar-refractivity contribution in [3.05, 3.63) is 87.7 Å². The van der Waals surface area contributed by atoms with Crippen molar-refractivity contribution in [3.8, 4) is 29.1 Å². The molecular weight excluding hydrogens is 516 g/mol. The largest absolute Gasteiger partial charge is 0.494 e. The molecule has 1 N–H and O–H groups in total. The third kappa shape index (κ3) is 10.4. The maximum Gasteiger partial charge on any atom is 0.270 e. The number of hydrogen-bond donors (Lipinski definition) is 1. The molecule has 1 heterocycles. The molecule has 0 spiro atoms. The standard InChI is InChI=1S/C33H38N4O2S/c1-2-3-13-21-39-29-20-14-17-26(22-29)15-9-6-4-5-7-10-16-27(23-34)25-40-33-36-31(28-18-11-8-12-19-28)30(24-35)32(38)37-33/h8,11-12,14,16-20,22H,2-7,9-10,13,15,21,25H2,1H3,(H,36,37,38)/b27-16+. The van der Waals surface area contributed by atoms with Gasteiger partial charge in [-0.3, -0.25) is 4.79 Å². The van der Waals surface area contributed by atoms with Gasteiger partial charge in [-0.15, -0.1) is 0 Å². The van der Waals surface area contributed by atoms with Gasteiger partial charge in [-0.1, -0.05) is 99.3 Å². The smallest absolute Gasteiger partial charge is 0.270 e. The minimum atomic E-state index is -0.468. The van der Waals surface area contributed by atoms with Gasteiger partial charge in [0.2, 0.25) is 0 Å². The molecule has 40 heavy (non-hydrogen) atoms. The van der Waals surface area contributed by atoms with Crippen molar-refractivity contribution < 1.29 is 4.74 Å². The quantitative estimate of drug-likeness (QED) is 0.0785. The molecule has 0 saturated heterocycles. The van der Waals surface area contributed by atoms with Crippen LogP contribution in [0.1, 0.15) is 75.8 Å². The van der Waals surface area contributed by atoms with Crippen LogP contribution in [-0.2, 0) is 6.42 Å².